The van der Waals surface area contributed by atoms with E-state index in [-0.39, 0.29) is 38.4 Å². The van der Waals surface area contributed by atoms with Gasteiger partial charge in [-0.05, 0) is 49.7 Å². The zero-order valence-electron chi connectivity index (χ0n) is 24.4. The van der Waals surface area contributed by atoms with Crippen molar-refractivity contribution in [1.29, 1.82) is 0 Å². The summed E-state index contributed by atoms with van der Waals surface area (Å²) >= 11 is 0. The van der Waals surface area contributed by atoms with Crippen LogP contribution in [0.25, 0.3) is 0 Å². The van der Waals surface area contributed by atoms with Gasteiger partial charge >= 0.3 is 24.1 Å². The second kappa shape index (κ2) is 16.4. The van der Waals surface area contributed by atoms with E-state index in [0.717, 1.165) is 24.0 Å². The van der Waals surface area contributed by atoms with Crippen LogP contribution >= 0.6 is 0 Å². The summed E-state index contributed by atoms with van der Waals surface area (Å²) in [7, 11) is 0. The van der Waals surface area contributed by atoms with Gasteiger partial charge in [0.15, 0.2) is 0 Å². The summed E-state index contributed by atoms with van der Waals surface area (Å²) in [6, 6.07) is 19.1. The maximum absolute atomic E-state index is 12.2. The fourth-order valence-corrected chi connectivity index (χ4v) is 5.36. The van der Waals surface area contributed by atoms with E-state index >= 15 is 0 Å². The van der Waals surface area contributed by atoms with Gasteiger partial charge in [0, 0.05) is 25.2 Å². The maximum Gasteiger partial charge on any atom is 0.410 e. The number of carboxylic acids is 2. The molecule has 2 aliphatic rings. The molecule has 0 unspecified atom stereocenters. The summed E-state index contributed by atoms with van der Waals surface area (Å²) in [5.41, 5.74) is 1.84. The molecule has 2 fully saturated rings. The normalized spacial score (nSPS) is 21.9. The number of piperidine rings is 2. The molecule has 0 bridgehead atoms. The van der Waals surface area contributed by atoms with Crippen molar-refractivity contribution in [2.24, 2.45) is 11.8 Å². The quantitative estimate of drug-likeness (QED) is 0.399. The molecule has 2 heterocycles. The largest absolute Gasteiger partial charge is 0.481 e. The van der Waals surface area contributed by atoms with Gasteiger partial charge in [-0.2, -0.15) is 0 Å². The van der Waals surface area contributed by atoms with Crippen LogP contribution in [0.3, 0.4) is 0 Å². The highest BCUT2D eigenvalue weighted by Gasteiger charge is 2.35. The van der Waals surface area contributed by atoms with Crippen LogP contribution in [0.15, 0.2) is 60.7 Å². The van der Waals surface area contributed by atoms with Crippen LogP contribution < -0.4 is 0 Å². The summed E-state index contributed by atoms with van der Waals surface area (Å²) in [4.78, 5) is 49.8. The van der Waals surface area contributed by atoms with Gasteiger partial charge in [-0.3, -0.25) is 9.59 Å². The lowest BCUT2D eigenvalue weighted by atomic mass is 9.92. The number of benzene rings is 2. The lowest BCUT2D eigenvalue weighted by molar-refractivity contribution is -0.144. The number of carboxylic acid groups (broad SMARTS) is 2. The van der Waals surface area contributed by atoms with Crippen LogP contribution in [0.5, 0.6) is 0 Å². The van der Waals surface area contributed by atoms with Gasteiger partial charge in [-0.15, -0.1) is 0 Å². The third kappa shape index (κ3) is 9.49. The van der Waals surface area contributed by atoms with Crippen LogP contribution in [-0.4, -0.2) is 69.3 Å². The Morgan fingerprint density at radius 1 is 0.643 bits per heavy atom. The Hall–Kier alpha value is -4.08. The molecule has 2 amide bonds. The van der Waals surface area contributed by atoms with Crippen LogP contribution in [0.2, 0.25) is 0 Å². The summed E-state index contributed by atoms with van der Waals surface area (Å²) in [5, 5.41) is 18.3. The number of carbonyl (C=O) groups excluding carboxylic acids is 2. The fraction of sp³-hybridized carbons (Fsp3) is 0.500. The van der Waals surface area contributed by atoms with Gasteiger partial charge in [0.25, 0.3) is 0 Å². The molecule has 0 radical (unpaired) electrons. The lowest BCUT2D eigenvalue weighted by Gasteiger charge is -2.37. The smallest absolute Gasteiger partial charge is 0.410 e. The SMILES string of the molecule is CC[C@@H]1CC[C@@H](C(=O)O)CN1C(=O)OCc1ccccc1.CC[C@H]1CC[C@@H](C(=O)O)CN1C(=O)OCc1ccccc1. The minimum Gasteiger partial charge on any atom is -0.481 e. The number of hydrogen-bond acceptors (Lipinski definition) is 6. The molecule has 4 rings (SSSR count). The first-order chi connectivity index (χ1) is 20.2. The minimum absolute atomic E-state index is 0.0730. The van der Waals surface area contributed by atoms with Crippen LogP contribution in [0, 0.1) is 11.8 Å². The summed E-state index contributed by atoms with van der Waals surface area (Å²) in [5.74, 6) is -2.66. The van der Waals surface area contributed by atoms with Crippen molar-refractivity contribution in [1.82, 2.24) is 9.80 Å². The van der Waals surface area contributed by atoms with Gasteiger partial charge in [0.05, 0.1) is 11.8 Å². The number of amides is 2. The topological polar surface area (TPSA) is 134 Å². The zero-order chi connectivity index (χ0) is 30.5. The highest BCUT2D eigenvalue weighted by Crippen LogP contribution is 2.26. The predicted octanol–water partition coefficient (Wildman–Crippen LogP) is 5.80. The van der Waals surface area contributed by atoms with E-state index in [0.29, 0.717) is 25.7 Å². The standard InChI is InChI=1S/2C16H21NO4/c2*1-2-14-9-8-13(15(18)19)10-17(14)16(20)21-11-12-6-4-3-5-7-12/h2*3-7,13-14H,2,8-11H2,1H3,(H,18,19)/t13-,14+;13-,14-/m11/s1. The molecule has 4 atom stereocenters. The summed E-state index contributed by atoms with van der Waals surface area (Å²) in [6.45, 7) is 4.91. The molecule has 0 saturated carbocycles. The molecule has 228 valence electrons. The van der Waals surface area contributed by atoms with Gasteiger partial charge in [0.2, 0.25) is 0 Å². The molecule has 42 heavy (non-hydrogen) atoms. The Bertz CT molecular complexity index is 1070. The van der Waals surface area contributed by atoms with Gasteiger partial charge in [-0.25, -0.2) is 9.59 Å². The molecule has 2 aromatic rings. The van der Waals surface area contributed by atoms with E-state index in [2.05, 4.69) is 0 Å². The number of aliphatic carboxylic acids is 2. The molecule has 0 spiro atoms. The van der Waals surface area contributed by atoms with Crippen LogP contribution in [0.1, 0.15) is 63.5 Å². The maximum atomic E-state index is 12.2. The molecule has 10 nitrogen and oxygen atoms in total. The highest BCUT2D eigenvalue weighted by molar-refractivity contribution is 5.74. The Morgan fingerprint density at radius 3 is 1.31 bits per heavy atom. The highest BCUT2D eigenvalue weighted by atomic mass is 16.6. The summed E-state index contributed by atoms with van der Waals surface area (Å²) < 4.78 is 10.6. The monoisotopic (exact) mass is 582 g/mol. The van der Waals surface area contributed by atoms with Crippen molar-refractivity contribution in [2.75, 3.05) is 13.1 Å². The molecular formula is C32H42N2O8. The molecule has 2 saturated heterocycles. The first-order valence-electron chi connectivity index (χ1n) is 14.6. The van der Waals surface area contributed by atoms with Crippen molar-refractivity contribution in [2.45, 2.75) is 77.7 Å². The van der Waals surface area contributed by atoms with Crippen LogP contribution in [-0.2, 0) is 32.3 Å². The van der Waals surface area contributed by atoms with E-state index < -0.39 is 36.0 Å². The Balaban J connectivity index is 0.000000230. The fourth-order valence-electron chi connectivity index (χ4n) is 5.36. The number of carbonyl (C=O) groups is 4. The number of ether oxygens (including phenoxy) is 2. The zero-order valence-corrected chi connectivity index (χ0v) is 24.4. The van der Waals surface area contributed by atoms with E-state index in [9.17, 15) is 19.2 Å². The van der Waals surface area contributed by atoms with Gasteiger partial charge in [-0.1, -0.05) is 74.5 Å². The minimum atomic E-state index is -0.842. The average molecular weight is 583 g/mol. The van der Waals surface area contributed by atoms with Gasteiger partial charge < -0.3 is 29.5 Å². The van der Waals surface area contributed by atoms with Crippen molar-refractivity contribution >= 4 is 24.1 Å². The summed E-state index contributed by atoms with van der Waals surface area (Å²) in [6.07, 6.45) is 3.46. The number of hydrogen-bond donors (Lipinski definition) is 2. The lowest BCUT2D eigenvalue weighted by Crippen LogP contribution is -2.48. The second-order valence-electron chi connectivity index (χ2n) is 10.7. The third-order valence-corrected chi connectivity index (χ3v) is 7.93. The Kier molecular flexibility index (Phi) is 12.7. The van der Waals surface area contributed by atoms with E-state index in [1.165, 1.54) is 0 Å². The third-order valence-electron chi connectivity index (χ3n) is 7.93. The Morgan fingerprint density at radius 2 is 1.00 bits per heavy atom. The van der Waals surface area contributed by atoms with Crippen molar-refractivity contribution in [3.63, 3.8) is 0 Å². The molecular weight excluding hydrogens is 540 g/mol. The first-order valence-corrected chi connectivity index (χ1v) is 14.6. The molecule has 2 aromatic carbocycles. The van der Waals surface area contributed by atoms with Gasteiger partial charge in [0.1, 0.15) is 13.2 Å². The second-order valence-corrected chi connectivity index (χ2v) is 10.7. The van der Waals surface area contributed by atoms with E-state index in [1.807, 2.05) is 74.5 Å². The molecule has 2 N–H and O–H groups in total. The molecule has 2 aliphatic heterocycles. The Labute approximate surface area is 247 Å². The number of rotatable bonds is 8. The van der Waals surface area contributed by atoms with Crippen molar-refractivity contribution in [3.05, 3.63) is 71.8 Å². The van der Waals surface area contributed by atoms with Crippen LogP contribution in [0.4, 0.5) is 9.59 Å². The molecule has 0 aromatic heterocycles. The van der Waals surface area contributed by atoms with Crippen molar-refractivity contribution in [3.8, 4) is 0 Å². The predicted molar refractivity (Wildman–Crippen MR) is 156 cm³/mol. The molecule has 10 heteroatoms. The average Bonchev–Trinajstić information content (AvgIpc) is 3.03. The van der Waals surface area contributed by atoms with E-state index in [1.54, 1.807) is 9.80 Å². The number of likely N-dealkylation sites (tertiary alicyclic amines) is 2. The number of nitrogens with zero attached hydrogens (tertiary/aromatic N) is 2. The molecule has 0 aliphatic carbocycles. The van der Waals surface area contributed by atoms with Crippen molar-refractivity contribution < 1.29 is 38.9 Å². The van der Waals surface area contributed by atoms with E-state index in [4.69, 9.17) is 19.7 Å². The first kappa shape index (κ1) is 32.4.